The molecule has 2 aliphatic rings. The Bertz CT molecular complexity index is 778. The lowest BCUT2D eigenvalue weighted by atomic mass is 9.96. The van der Waals surface area contributed by atoms with E-state index in [-0.39, 0.29) is 41.7 Å². The van der Waals surface area contributed by atoms with Crippen molar-refractivity contribution in [1.82, 2.24) is 15.5 Å². The molecule has 0 bridgehead atoms. The van der Waals surface area contributed by atoms with Crippen LogP contribution in [-0.4, -0.2) is 61.9 Å². The van der Waals surface area contributed by atoms with E-state index in [1.807, 2.05) is 17.0 Å². The van der Waals surface area contributed by atoms with Crippen molar-refractivity contribution in [3.05, 3.63) is 29.8 Å². The van der Waals surface area contributed by atoms with E-state index >= 15 is 0 Å². The Morgan fingerprint density at radius 3 is 2.45 bits per heavy atom. The van der Waals surface area contributed by atoms with Crippen LogP contribution in [0.25, 0.3) is 0 Å². The lowest BCUT2D eigenvalue weighted by Crippen LogP contribution is -2.39. The lowest BCUT2D eigenvalue weighted by molar-refractivity contribution is -0.123. The third-order valence-corrected chi connectivity index (χ3v) is 6.27. The van der Waals surface area contributed by atoms with Crippen molar-refractivity contribution in [3.63, 3.8) is 0 Å². The summed E-state index contributed by atoms with van der Waals surface area (Å²) in [4.78, 5) is 32.1. The molecule has 2 fully saturated rings. The predicted octanol–water partition coefficient (Wildman–Crippen LogP) is 2.46. The molecular weight excluding hydrogens is 531 g/mol. The van der Waals surface area contributed by atoms with Gasteiger partial charge in [0.1, 0.15) is 0 Å². The zero-order chi connectivity index (χ0) is 22.8. The molecule has 0 atom stereocenters. The second-order valence-electron chi connectivity index (χ2n) is 8.66. The molecule has 1 aromatic rings. The van der Waals surface area contributed by atoms with E-state index in [0.29, 0.717) is 13.0 Å². The number of nitrogens with two attached hydrogens (primary N) is 1. The molecule has 9 heteroatoms. The minimum Gasteiger partial charge on any atom is -0.369 e. The Labute approximate surface area is 214 Å². The van der Waals surface area contributed by atoms with Gasteiger partial charge in [-0.05, 0) is 76.4 Å². The maximum Gasteiger partial charge on any atom is 0.227 e. The van der Waals surface area contributed by atoms with E-state index in [0.717, 1.165) is 88.6 Å². The Hall–Kier alpha value is -1.88. The van der Waals surface area contributed by atoms with E-state index in [2.05, 4.69) is 34.6 Å². The van der Waals surface area contributed by atoms with Gasteiger partial charge in [-0.15, -0.1) is 24.0 Å². The fourth-order valence-electron chi connectivity index (χ4n) is 4.32. The fraction of sp³-hybridized carbons (Fsp3) is 0.625. The number of carbonyl (C=O) groups is 2. The number of benzene rings is 1. The van der Waals surface area contributed by atoms with Gasteiger partial charge in [-0.2, -0.15) is 0 Å². The summed E-state index contributed by atoms with van der Waals surface area (Å²) in [5, 5.41) is 6.72. The summed E-state index contributed by atoms with van der Waals surface area (Å²) in [7, 11) is 0. The van der Waals surface area contributed by atoms with Crippen LogP contribution in [0.2, 0.25) is 0 Å². The van der Waals surface area contributed by atoms with Gasteiger partial charge < -0.3 is 26.2 Å². The zero-order valence-electron chi connectivity index (χ0n) is 19.7. The van der Waals surface area contributed by atoms with Crippen LogP contribution in [0.3, 0.4) is 0 Å². The molecular formula is C24H39IN6O2. The number of halogens is 1. The average molecular weight is 571 g/mol. The van der Waals surface area contributed by atoms with Crippen LogP contribution < -0.4 is 21.3 Å². The van der Waals surface area contributed by atoms with Crippen molar-refractivity contribution < 1.29 is 9.59 Å². The minimum absolute atomic E-state index is 0. The van der Waals surface area contributed by atoms with Gasteiger partial charge in [-0.25, -0.2) is 4.99 Å². The van der Waals surface area contributed by atoms with Crippen molar-refractivity contribution in [1.29, 1.82) is 0 Å². The van der Waals surface area contributed by atoms with Crippen molar-refractivity contribution in [2.45, 2.75) is 52.0 Å². The van der Waals surface area contributed by atoms with Crippen LogP contribution in [-0.2, 0) is 16.1 Å². The molecule has 0 unspecified atom stereocenters. The molecule has 0 saturated carbocycles. The number of rotatable bonds is 10. The molecule has 0 spiro atoms. The first kappa shape index (κ1) is 27.4. The van der Waals surface area contributed by atoms with Gasteiger partial charge in [0.15, 0.2) is 5.96 Å². The van der Waals surface area contributed by atoms with Crippen LogP contribution in [0.5, 0.6) is 0 Å². The van der Waals surface area contributed by atoms with E-state index in [1.165, 1.54) is 0 Å². The van der Waals surface area contributed by atoms with E-state index in [9.17, 15) is 9.59 Å². The molecule has 1 aromatic carbocycles. The maximum atomic E-state index is 11.9. The molecule has 2 heterocycles. The highest BCUT2D eigenvalue weighted by molar-refractivity contribution is 14.0. The monoisotopic (exact) mass is 570 g/mol. The van der Waals surface area contributed by atoms with Gasteiger partial charge in [0, 0.05) is 37.7 Å². The number of hydrogen-bond donors (Lipinski definition) is 3. The first-order valence-electron chi connectivity index (χ1n) is 12.0. The predicted molar refractivity (Wildman–Crippen MR) is 144 cm³/mol. The van der Waals surface area contributed by atoms with Crippen molar-refractivity contribution in [2.24, 2.45) is 16.6 Å². The third kappa shape index (κ3) is 8.77. The summed E-state index contributed by atoms with van der Waals surface area (Å²) in [6, 6.07) is 8.13. The van der Waals surface area contributed by atoms with Crippen LogP contribution in [0, 0.1) is 5.92 Å². The van der Waals surface area contributed by atoms with E-state index < -0.39 is 0 Å². The number of piperidine rings is 1. The number of nitrogens with one attached hydrogen (secondary N) is 2. The van der Waals surface area contributed by atoms with Gasteiger partial charge in [0.05, 0.1) is 6.54 Å². The second-order valence-corrected chi connectivity index (χ2v) is 8.66. The third-order valence-electron chi connectivity index (χ3n) is 6.27. The highest BCUT2D eigenvalue weighted by atomic mass is 127. The molecule has 184 valence electrons. The zero-order valence-corrected chi connectivity index (χ0v) is 22.1. The van der Waals surface area contributed by atoms with Gasteiger partial charge in [0.25, 0.3) is 0 Å². The molecule has 8 nitrogen and oxygen atoms in total. The quantitative estimate of drug-likeness (QED) is 0.174. The number of primary amides is 1. The van der Waals surface area contributed by atoms with Crippen molar-refractivity contribution in [3.8, 4) is 0 Å². The van der Waals surface area contributed by atoms with Gasteiger partial charge >= 0.3 is 0 Å². The van der Waals surface area contributed by atoms with Gasteiger partial charge in [0.2, 0.25) is 11.8 Å². The van der Waals surface area contributed by atoms with Gasteiger partial charge in [-0.1, -0.05) is 12.1 Å². The Balaban J connectivity index is 0.00000385. The van der Waals surface area contributed by atoms with Crippen LogP contribution in [0.4, 0.5) is 5.69 Å². The van der Waals surface area contributed by atoms with Crippen LogP contribution in [0.1, 0.15) is 51.0 Å². The highest BCUT2D eigenvalue weighted by Gasteiger charge is 2.22. The lowest BCUT2D eigenvalue weighted by Gasteiger charge is -2.30. The summed E-state index contributed by atoms with van der Waals surface area (Å²) in [5.41, 5.74) is 7.51. The second kappa shape index (κ2) is 14.4. The average Bonchev–Trinajstić information content (AvgIpc) is 3.23. The largest absolute Gasteiger partial charge is 0.369 e. The van der Waals surface area contributed by atoms with Crippen LogP contribution >= 0.6 is 24.0 Å². The summed E-state index contributed by atoms with van der Waals surface area (Å²) in [6.07, 6.45) is 5.55. The number of hydrogen-bond acceptors (Lipinski definition) is 4. The Morgan fingerprint density at radius 2 is 1.85 bits per heavy atom. The summed E-state index contributed by atoms with van der Waals surface area (Å²) in [6.45, 7) is 8.16. The number of likely N-dealkylation sites (tertiary alicyclic amines) is 1. The van der Waals surface area contributed by atoms with Crippen LogP contribution in [0.15, 0.2) is 29.3 Å². The Kier molecular flexibility index (Phi) is 11.9. The first-order chi connectivity index (χ1) is 15.6. The number of nitrogens with zero attached hydrogens (tertiary/aromatic N) is 3. The minimum atomic E-state index is -0.151. The number of unbranched alkanes of at least 4 members (excludes halogenated alkanes) is 1. The van der Waals surface area contributed by atoms with Crippen molar-refractivity contribution in [2.75, 3.05) is 44.2 Å². The summed E-state index contributed by atoms with van der Waals surface area (Å²) >= 11 is 0. The van der Waals surface area contributed by atoms with E-state index in [4.69, 9.17) is 10.7 Å². The molecule has 33 heavy (non-hydrogen) atoms. The number of guanidine groups is 1. The number of anilines is 1. The smallest absolute Gasteiger partial charge is 0.227 e. The molecule has 3 rings (SSSR count). The highest BCUT2D eigenvalue weighted by Crippen LogP contribution is 2.21. The maximum absolute atomic E-state index is 11.9. The Morgan fingerprint density at radius 1 is 1.12 bits per heavy atom. The molecule has 0 radical (unpaired) electrons. The SMILES string of the molecule is CCNC(=NCc1ccc(N2CCCC2=O)cc1)NCCCCN1CCC(C(N)=O)CC1.I. The topological polar surface area (TPSA) is 103 Å². The molecule has 2 saturated heterocycles. The molecule has 0 aromatic heterocycles. The molecule has 2 amide bonds. The summed E-state index contributed by atoms with van der Waals surface area (Å²) in [5.74, 6) is 0.950. The number of aliphatic imine (C=N–C) groups is 1. The first-order valence-corrected chi connectivity index (χ1v) is 12.0. The van der Waals surface area contributed by atoms with Crippen molar-refractivity contribution >= 4 is 47.4 Å². The summed E-state index contributed by atoms with van der Waals surface area (Å²) < 4.78 is 0. The molecule has 0 aliphatic carbocycles. The van der Waals surface area contributed by atoms with E-state index in [1.54, 1.807) is 0 Å². The molecule has 2 aliphatic heterocycles. The normalized spacial score (nSPS) is 17.7. The number of carbonyl (C=O) groups excluding carboxylic acids is 2. The number of amides is 2. The standard InChI is InChI=1S/C24H38N6O2.HI/c1-2-26-24(27-13-3-4-14-29-16-11-20(12-17-29)23(25)32)28-18-19-7-9-21(10-8-19)30-15-5-6-22(30)31;/h7-10,20H,2-6,11-18H2,1H3,(H2,25,32)(H2,26,27,28);1H. The van der Waals surface area contributed by atoms with Gasteiger partial charge in [-0.3, -0.25) is 9.59 Å². The fourth-order valence-corrected chi connectivity index (χ4v) is 4.32. The molecule has 4 N–H and O–H groups in total.